The molecule has 2 aliphatic rings. The van der Waals surface area contributed by atoms with Crippen LogP contribution < -0.4 is 0 Å². The molecule has 1 saturated carbocycles. The Kier molecular flexibility index (Phi) is 3.62. The molecule has 1 aromatic carbocycles. The summed E-state index contributed by atoms with van der Waals surface area (Å²) in [5.41, 5.74) is 2.18. The Morgan fingerprint density at radius 2 is 2.14 bits per heavy atom. The number of amides is 1. The summed E-state index contributed by atoms with van der Waals surface area (Å²) in [6, 6.07) is 8.13. The van der Waals surface area contributed by atoms with Crippen LogP contribution in [0.15, 0.2) is 30.5 Å². The van der Waals surface area contributed by atoms with E-state index in [-0.39, 0.29) is 12.0 Å². The van der Waals surface area contributed by atoms with Crippen LogP contribution in [0.5, 0.6) is 0 Å². The van der Waals surface area contributed by atoms with Gasteiger partial charge in [-0.05, 0) is 36.8 Å². The molecule has 4 rings (SSSR count). The SMILES string of the molecule is O=C(Cc1c[nH]c2ccccc12)N1CCC(OCC2CC2)C1. The first-order chi connectivity index (χ1) is 10.8. The fourth-order valence-corrected chi connectivity index (χ4v) is 3.20. The number of ether oxygens (including phenoxy) is 1. The standard InChI is InChI=1S/C18H22N2O2/c21-18(9-14-10-19-17-4-2-1-3-16(14)17)20-8-7-15(11-20)22-12-13-5-6-13/h1-4,10,13,15,19H,5-9,11-12H2. The number of hydrogen-bond acceptors (Lipinski definition) is 2. The zero-order valence-corrected chi connectivity index (χ0v) is 12.8. The molecule has 116 valence electrons. The summed E-state index contributed by atoms with van der Waals surface area (Å²) in [5.74, 6) is 0.998. The summed E-state index contributed by atoms with van der Waals surface area (Å²) in [4.78, 5) is 17.7. The van der Waals surface area contributed by atoms with E-state index in [4.69, 9.17) is 4.74 Å². The number of likely N-dealkylation sites (tertiary alicyclic amines) is 1. The number of rotatable bonds is 5. The molecule has 4 nitrogen and oxygen atoms in total. The van der Waals surface area contributed by atoms with Crippen molar-refractivity contribution in [1.82, 2.24) is 9.88 Å². The van der Waals surface area contributed by atoms with Crippen molar-refractivity contribution in [3.05, 3.63) is 36.0 Å². The number of aromatic amines is 1. The number of nitrogens with one attached hydrogen (secondary N) is 1. The number of aromatic nitrogens is 1. The molecule has 1 aliphatic heterocycles. The summed E-state index contributed by atoms with van der Waals surface area (Å²) < 4.78 is 5.91. The van der Waals surface area contributed by atoms with Crippen molar-refractivity contribution >= 4 is 16.8 Å². The summed E-state index contributed by atoms with van der Waals surface area (Å²) in [6.07, 6.45) is 6.28. The molecule has 1 atom stereocenters. The molecule has 1 unspecified atom stereocenters. The maximum atomic E-state index is 12.5. The van der Waals surface area contributed by atoms with Crippen LogP contribution in [0.25, 0.3) is 10.9 Å². The summed E-state index contributed by atoms with van der Waals surface area (Å²) in [6.45, 7) is 2.47. The second-order valence-corrected chi connectivity index (χ2v) is 6.56. The molecule has 4 heteroatoms. The van der Waals surface area contributed by atoms with Gasteiger partial charge in [0.2, 0.25) is 5.91 Å². The van der Waals surface area contributed by atoms with Gasteiger partial charge in [0.1, 0.15) is 0 Å². The van der Waals surface area contributed by atoms with Crippen LogP contribution in [-0.2, 0) is 16.0 Å². The molecule has 2 fully saturated rings. The van der Waals surface area contributed by atoms with Gasteiger partial charge in [-0.3, -0.25) is 4.79 Å². The first kappa shape index (κ1) is 13.8. The van der Waals surface area contributed by atoms with Crippen molar-refractivity contribution in [3.63, 3.8) is 0 Å². The van der Waals surface area contributed by atoms with Crippen molar-refractivity contribution < 1.29 is 9.53 Å². The van der Waals surface area contributed by atoms with E-state index in [1.54, 1.807) is 0 Å². The van der Waals surface area contributed by atoms with E-state index >= 15 is 0 Å². The second kappa shape index (κ2) is 5.76. The van der Waals surface area contributed by atoms with Crippen LogP contribution in [0.4, 0.5) is 0 Å². The van der Waals surface area contributed by atoms with Crippen LogP contribution in [0.3, 0.4) is 0 Å². The summed E-state index contributed by atoms with van der Waals surface area (Å²) >= 11 is 0. The molecule has 2 heterocycles. The van der Waals surface area contributed by atoms with Crippen molar-refractivity contribution in [1.29, 1.82) is 0 Å². The number of benzene rings is 1. The van der Waals surface area contributed by atoms with Crippen LogP contribution >= 0.6 is 0 Å². The van der Waals surface area contributed by atoms with Crippen molar-refractivity contribution in [2.75, 3.05) is 19.7 Å². The minimum absolute atomic E-state index is 0.210. The van der Waals surface area contributed by atoms with Gasteiger partial charge in [0, 0.05) is 36.8 Å². The molecule has 0 spiro atoms. The highest BCUT2D eigenvalue weighted by Gasteiger charge is 2.29. The molecule has 1 amide bonds. The Morgan fingerprint density at radius 1 is 1.27 bits per heavy atom. The van der Waals surface area contributed by atoms with Crippen molar-refractivity contribution in [2.45, 2.75) is 31.8 Å². The van der Waals surface area contributed by atoms with Gasteiger partial charge < -0.3 is 14.6 Å². The van der Waals surface area contributed by atoms with E-state index in [9.17, 15) is 4.79 Å². The number of carbonyl (C=O) groups is 1. The van der Waals surface area contributed by atoms with Crippen LogP contribution in [0.1, 0.15) is 24.8 Å². The van der Waals surface area contributed by atoms with Crippen LogP contribution in [0.2, 0.25) is 0 Å². The van der Waals surface area contributed by atoms with Gasteiger partial charge >= 0.3 is 0 Å². The fraction of sp³-hybridized carbons (Fsp3) is 0.500. The van der Waals surface area contributed by atoms with E-state index < -0.39 is 0 Å². The van der Waals surface area contributed by atoms with Gasteiger partial charge in [0.15, 0.2) is 0 Å². The molecule has 0 bridgehead atoms. The minimum atomic E-state index is 0.210. The second-order valence-electron chi connectivity index (χ2n) is 6.56. The Labute approximate surface area is 130 Å². The first-order valence-electron chi connectivity index (χ1n) is 8.24. The zero-order chi connectivity index (χ0) is 14.9. The predicted octanol–water partition coefficient (Wildman–Crippen LogP) is 2.74. The average Bonchev–Trinajstić information content (AvgIpc) is 3.10. The highest BCUT2D eigenvalue weighted by molar-refractivity contribution is 5.88. The quantitative estimate of drug-likeness (QED) is 0.922. The third-order valence-electron chi connectivity index (χ3n) is 4.78. The first-order valence-corrected chi connectivity index (χ1v) is 8.24. The topological polar surface area (TPSA) is 45.3 Å². The van der Waals surface area contributed by atoms with E-state index in [0.717, 1.165) is 48.5 Å². The molecule has 22 heavy (non-hydrogen) atoms. The van der Waals surface area contributed by atoms with Gasteiger partial charge in [0.05, 0.1) is 12.5 Å². The summed E-state index contributed by atoms with van der Waals surface area (Å²) in [5, 5.41) is 1.15. The lowest BCUT2D eigenvalue weighted by Crippen LogP contribution is -2.31. The van der Waals surface area contributed by atoms with Gasteiger partial charge in [-0.15, -0.1) is 0 Å². The molecular formula is C18H22N2O2. The zero-order valence-electron chi connectivity index (χ0n) is 12.8. The number of para-hydroxylation sites is 1. The normalized spacial score (nSPS) is 21.6. The smallest absolute Gasteiger partial charge is 0.227 e. The Morgan fingerprint density at radius 3 is 3.00 bits per heavy atom. The average molecular weight is 298 g/mol. The lowest BCUT2D eigenvalue weighted by Gasteiger charge is -2.16. The summed E-state index contributed by atoms with van der Waals surface area (Å²) in [7, 11) is 0. The Hall–Kier alpha value is -1.81. The van der Waals surface area contributed by atoms with E-state index in [1.807, 2.05) is 29.3 Å². The number of carbonyl (C=O) groups excluding carboxylic acids is 1. The molecule has 2 aromatic rings. The lowest BCUT2D eigenvalue weighted by atomic mass is 10.1. The molecule has 1 aromatic heterocycles. The molecule has 1 saturated heterocycles. The maximum absolute atomic E-state index is 12.5. The highest BCUT2D eigenvalue weighted by atomic mass is 16.5. The van der Waals surface area contributed by atoms with Gasteiger partial charge in [0.25, 0.3) is 0 Å². The molecule has 0 radical (unpaired) electrons. The maximum Gasteiger partial charge on any atom is 0.227 e. The molecule has 1 N–H and O–H groups in total. The molecule has 1 aliphatic carbocycles. The number of H-pyrrole nitrogens is 1. The van der Waals surface area contributed by atoms with Gasteiger partial charge in [-0.25, -0.2) is 0 Å². The Bertz CT molecular complexity index is 675. The lowest BCUT2D eigenvalue weighted by molar-refractivity contribution is -0.129. The number of nitrogens with zero attached hydrogens (tertiary/aromatic N) is 1. The van der Waals surface area contributed by atoms with Crippen LogP contribution in [0, 0.1) is 5.92 Å². The third kappa shape index (κ3) is 2.88. The highest BCUT2D eigenvalue weighted by Crippen LogP contribution is 2.30. The van der Waals surface area contributed by atoms with E-state index in [1.165, 1.54) is 12.8 Å². The van der Waals surface area contributed by atoms with Crippen LogP contribution in [-0.4, -0.2) is 41.6 Å². The third-order valence-corrected chi connectivity index (χ3v) is 4.78. The van der Waals surface area contributed by atoms with Crippen molar-refractivity contribution in [3.8, 4) is 0 Å². The van der Waals surface area contributed by atoms with Crippen molar-refractivity contribution in [2.24, 2.45) is 5.92 Å². The monoisotopic (exact) mass is 298 g/mol. The van der Waals surface area contributed by atoms with E-state index in [2.05, 4.69) is 11.1 Å². The fourth-order valence-electron chi connectivity index (χ4n) is 3.20. The minimum Gasteiger partial charge on any atom is -0.376 e. The van der Waals surface area contributed by atoms with Gasteiger partial charge in [-0.1, -0.05) is 18.2 Å². The number of fused-ring (bicyclic) bond motifs is 1. The Balaban J connectivity index is 1.36. The van der Waals surface area contributed by atoms with Gasteiger partial charge in [-0.2, -0.15) is 0 Å². The predicted molar refractivity (Wildman–Crippen MR) is 85.7 cm³/mol. The largest absolute Gasteiger partial charge is 0.376 e. The number of hydrogen-bond donors (Lipinski definition) is 1. The van der Waals surface area contributed by atoms with E-state index in [0.29, 0.717) is 6.42 Å². The molecular weight excluding hydrogens is 276 g/mol.